The van der Waals surface area contributed by atoms with Gasteiger partial charge < -0.3 is 20.7 Å². The topological polar surface area (TPSA) is 179 Å². The minimum absolute atomic E-state index is 0.183. The number of hydrazine groups is 1. The number of piperidine rings is 1. The lowest BCUT2D eigenvalue weighted by Crippen LogP contribution is -2.56. The Hall–Kier alpha value is -3.12. The zero-order valence-electron chi connectivity index (χ0n) is 21.3. The molecule has 1 aliphatic heterocycles. The number of nitrogens with zero attached hydrogens (tertiary/aromatic N) is 2. The Kier molecular flexibility index (Phi) is 12.2. The van der Waals surface area contributed by atoms with E-state index in [0.29, 0.717) is 31.7 Å². The van der Waals surface area contributed by atoms with E-state index in [2.05, 4.69) is 16.0 Å². The van der Waals surface area contributed by atoms with Gasteiger partial charge in [0.1, 0.15) is 17.7 Å². The molecule has 0 saturated carbocycles. The maximum Gasteiger partial charge on any atom is 0.410 e. The molecule has 0 aromatic heterocycles. The molecule has 13 nitrogen and oxygen atoms in total. The number of likely N-dealkylation sites (tertiary alicyclic amines) is 1. The molecular formula is C22H40N7O6. The molecule has 1 rings (SSSR count). The second-order valence-electron chi connectivity index (χ2n) is 9.90. The highest BCUT2D eigenvalue weighted by Crippen LogP contribution is 2.21. The van der Waals surface area contributed by atoms with E-state index in [1.807, 2.05) is 13.8 Å². The molecule has 1 aliphatic rings. The first-order chi connectivity index (χ1) is 16.3. The minimum Gasteiger partial charge on any atom is -0.444 e. The van der Waals surface area contributed by atoms with Gasteiger partial charge in [-0.2, -0.15) is 0 Å². The molecule has 1 unspecified atom stereocenters. The summed E-state index contributed by atoms with van der Waals surface area (Å²) >= 11 is 0. The van der Waals surface area contributed by atoms with Crippen LogP contribution in [0.2, 0.25) is 0 Å². The number of amides is 3. The van der Waals surface area contributed by atoms with Gasteiger partial charge >= 0.3 is 6.09 Å². The van der Waals surface area contributed by atoms with Crippen LogP contribution in [-0.2, 0) is 14.3 Å². The minimum atomic E-state index is -0.882. The number of hydrogen-bond donors (Lipinski definition) is 5. The van der Waals surface area contributed by atoms with E-state index in [9.17, 15) is 24.5 Å². The van der Waals surface area contributed by atoms with Crippen molar-refractivity contribution in [1.29, 1.82) is 5.41 Å². The zero-order chi connectivity index (χ0) is 26.6. The monoisotopic (exact) mass is 498 g/mol. The normalized spacial score (nSPS) is 16.7. The number of carbonyl (C=O) groups excluding carboxylic acids is 3. The Morgan fingerprint density at radius 2 is 1.94 bits per heavy atom. The van der Waals surface area contributed by atoms with Crippen LogP contribution in [0.3, 0.4) is 0 Å². The highest BCUT2D eigenvalue weighted by Gasteiger charge is 2.36. The number of nitrogens with one attached hydrogen (secondary N) is 5. The molecule has 0 aliphatic carbocycles. The summed E-state index contributed by atoms with van der Waals surface area (Å²) in [6.07, 6.45) is 2.66. The number of nitro groups is 1. The highest BCUT2D eigenvalue weighted by atomic mass is 16.7. The van der Waals surface area contributed by atoms with E-state index in [-0.39, 0.29) is 13.0 Å². The first kappa shape index (κ1) is 29.9. The standard InChI is InChI=1S/C22H40N7O6/c1-15(2)11-13-24-18(30)16(9-8-12-25-20(23)27-29(33)34)26-19(31)17-10-6-7-14-28(17)21(32)35-22(3,4)5/h13,15-17H,6-12,14H2,1-5H3,(H,24,30)(H,26,31)(H3,23,25,27)/t16-,17?/m0/s1. The fraction of sp³-hybridized carbons (Fsp3) is 0.773. The van der Waals surface area contributed by atoms with E-state index in [1.165, 1.54) is 4.90 Å². The summed E-state index contributed by atoms with van der Waals surface area (Å²) in [4.78, 5) is 50.4. The zero-order valence-corrected chi connectivity index (χ0v) is 21.3. The Morgan fingerprint density at radius 1 is 1.26 bits per heavy atom. The fourth-order valence-electron chi connectivity index (χ4n) is 3.43. The summed E-state index contributed by atoms with van der Waals surface area (Å²) in [5.74, 6) is -0.954. The van der Waals surface area contributed by atoms with Crippen LogP contribution < -0.4 is 21.4 Å². The molecule has 0 aromatic carbocycles. The van der Waals surface area contributed by atoms with Gasteiger partial charge in [0.2, 0.25) is 11.8 Å². The van der Waals surface area contributed by atoms with Gasteiger partial charge in [0, 0.05) is 19.6 Å². The summed E-state index contributed by atoms with van der Waals surface area (Å²) in [6, 6.07) is -1.63. The van der Waals surface area contributed by atoms with Crippen LogP contribution in [-0.4, -0.2) is 64.6 Å². The van der Waals surface area contributed by atoms with Crippen LogP contribution in [0.15, 0.2) is 0 Å². The number of guanidine groups is 1. The molecule has 0 spiro atoms. The average Bonchev–Trinajstić information content (AvgIpc) is 2.73. The number of hydrogen-bond acceptors (Lipinski definition) is 7. The third-order valence-electron chi connectivity index (χ3n) is 5.07. The predicted octanol–water partition coefficient (Wildman–Crippen LogP) is 1.67. The van der Waals surface area contributed by atoms with Crippen LogP contribution >= 0.6 is 0 Å². The smallest absolute Gasteiger partial charge is 0.410 e. The lowest BCUT2D eigenvalue weighted by molar-refractivity contribution is -0.525. The second kappa shape index (κ2) is 14.3. The second-order valence-corrected chi connectivity index (χ2v) is 9.90. The van der Waals surface area contributed by atoms with Crippen molar-refractivity contribution in [1.82, 2.24) is 26.3 Å². The van der Waals surface area contributed by atoms with Crippen LogP contribution in [0, 0.1) is 28.0 Å². The van der Waals surface area contributed by atoms with Crippen molar-refractivity contribution < 1.29 is 24.2 Å². The fourth-order valence-corrected chi connectivity index (χ4v) is 3.43. The Balaban J connectivity index is 2.81. The molecule has 1 saturated heterocycles. The van der Waals surface area contributed by atoms with Crippen molar-refractivity contribution in [3.8, 4) is 0 Å². The molecule has 3 amide bonds. The van der Waals surface area contributed by atoms with Crippen molar-refractivity contribution in [3.63, 3.8) is 0 Å². The predicted molar refractivity (Wildman–Crippen MR) is 130 cm³/mol. The van der Waals surface area contributed by atoms with Gasteiger partial charge in [-0.1, -0.05) is 19.3 Å². The third kappa shape index (κ3) is 12.2. The Bertz CT molecular complexity index is 753. The maximum atomic E-state index is 13.2. The largest absolute Gasteiger partial charge is 0.444 e. The summed E-state index contributed by atoms with van der Waals surface area (Å²) in [7, 11) is 0. The summed E-state index contributed by atoms with van der Waals surface area (Å²) < 4.78 is 5.46. The molecule has 199 valence electrons. The third-order valence-corrected chi connectivity index (χ3v) is 5.07. The molecular weight excluding hydrogens is 458 g/mol. The summed E-state index contributed by atoms with van der Waals surface area (Å²) in [6.45, 7) is 11.5. The quantitative estimate of drug-likeness (QED) is 0.0938. The van der Waals surface area contributed by atoms with Gasteiger partial charge in [0.15, 0.2) is 5.03 Å². The molecule has 2 atom stereocenters. The molecule has 1 heterocycles. The first-order valence-corrected chi connectivity index (χ1v) is 12.0. The molecule has 0 aromatic rings. The van der Waals surface area contributed by atoms with Gasteiger partial charge in [-0.25, -0.2) is 14.9 Å². The van der Waals surface area contributed by atoms with Crippen molar-refractivity contribution in [2.24, 2.45) is 5.92 Å². The van der Waals surface area contributed by atoms with Crippen LogP contribution in [0.1, 0.15) is 73.1 Å². The Labute approximate surface area is 206 Å². The number of ether oxygens (including phenoxy) is 1. The SMILES string of the molecule is CC(C)C[CH]NC(=O)[C@H](CCCNC(=N)N[N+](=O)[O-])NC(=O)C1CCCCN1C(=O)OC(C)(C)C. The lowest BCUT2D eigenvalue weighted by atomic mass is 10.0. The van der Waals surface area contributed by atoms with Gasteiger partial charge in [-0.15, -0.1) is 0 Å². The summed E-state index contributed by atoms with van der Waals surface area (Å²) in [5.41, 5.74) is 0.990. The first-order valence-electron chi connectivity index (χ1n) is 12.0. The average molecular weight is 499 g/mol. The molecule has 35 heavy (non-hydrogen) atoms. The van der Waals surface area contributed by atoms with Gasteiger partial charge in [0.25, 0.3) is 5.96 Å². The van der Waals surface area contributed by atoms with E-state index in [1.54, 1.807) is 32.7 Å². The highest BCUT2D eigenvalue weighted by molar-refractivity contribution is 5.91. The number of rotatable bonds is 11. The van der Waals surface area contributed by atoms with Crippen molar-refractivity contribution in [2.45, 2.75) is 90.8 Å². The summed E-state index contributed by atoms with van der Waals surface area (Å²) in [5, 5.41) is 25.0. The molecule has 1 fully saturated rings. The van der Waals surface area contributed by atoms with E-state index in [4.69, 9.17) is 10.1 Å². The van der Waals surface area contributed by atoms with Gasteiger partial charge in [-0.05, 0) is 65.2 Å². The van der Waals surface area contributed by atoms with E-state index >= 15 is 0 Å². The van der Waals surface area contributed by atoms with Gasteiger partial charge in [-0.3, -0.25) is 19.9 Å². The van der Waals surface area contributed by atoms with Crippen LogP contribution in [0.4, 0.5) is 4.79 Å². The van der Waals surface area contributed by atoms with Crippen molar-refractivity contribution in [2.75, 3.05) is 13.1 Å². The molecule has 13 heteroatoms. The molecule has 5 N–H and O–H groups in total. The van der Waals surface area contributed by atoms with E-state index < -0.39 is 46.6 Å². The molecule has 0 bridgehead atoms. The van der Waals surface area contributed by atoms with Crippen LogP contribution in [0.25, 0.3) is 0 Å². The molecule has 1 radical (unpaired) electrons. The van der Waals surface area contributed by atoms with Crippen LogP contribution in [0.5, 0.6) is 0 Å². The van der Waals surface area contributed by atoms with Crippen molar-refractivity contribution in [3.05, 3.63) is 16.7 Å². The van der Waals surface area contributed by atoms with E-state index in [0.717, 1.165) is 12.8 Å². The van der Waals surface area contributed by atoms with Gasteiger partial charge in [0.05, 0.1) is 0 Å². The Morgan fingerprint density at radius 3 is 2.54 bits per heavy atom. The van der Waals surface area contributed by atoms with Crippen molar-refractivity contribution >= 4 is 23.9 Å². The lowest BCUT2D eigenvalue weighted by Gasteiger charge is -2.36. The number of carbonyl (C=O) groups is 3. The maximum absolute atomic E-state index is 13.2.